The number of aromatic nitrogens is 2. The van der Waals surface area contributed by atoms with E-state index >= 15 is 0 Å². The highest BCUT2D eigenvalue weighted by Gasteiger charge is 2.21. The van der Waals surface area contributed by atoms with E-state index in [1.807, 2.05) is 54.6 Å². The van der Waals surface area contributed by atoms with E-state index in [0.29, 0.717) is 23.0 Å². The number of rotatable bonds is 8. The Morgan fingerprint density at radius 1 is 0.973 bits per heavy atom. The third-order valence-corrected chi connectivity index (χ3v) is 8.20. The van der Waals surface area contributed by atoms with Crippen LogP contribution in [0.3, 0.4) is 0 Å². The van der Waals surface area contributed by atoms with Gasteiger partial charge >= 0.3 is 0 Å². The lowest BCUT2D eigenvalue weighted by Crippen LogP contribution is -2.40. The Labute approximate surface area is 218 Å². The van der Waals surface area contributed by atoms with Crippen molar-refractivity contribution < 1.29 is 8.42 Å². The van der Waals surface area contributed by atoms with Gasteiger partial charge in [-0.15, -0.1) is 0 Å². The monoisotopic (exact) mass is 513 g/mol. The lowest BCUT2D eigenvalue weighted by Gasteiger charge is -2.32. The molecule has 0 amide bonds. The molecule has 7 nitrogen and oxygen atoms in total. The van der Waals surface area contributed by atoms with Crippen molar-refractivity contribution in [1.29, 1.82) is 5.26 Å². The second kappa shape index (κ2) is 10.8. The highest BCUT2D eigenvalue weighted by molar-refractivity contribution is 7.90. The van der Waals surface area contributed by atoms with Gasteiger partial charge in [0.15, 0.2) is 9.84 Å². The van der Waals surface area contributed by atoms with Crippen molar-refractivity contribution in [2.24, 2.45) is 0 Å². The van der Waals surface area contributed by atoms with Crippen LogP contribution in [0, 0.1) is 11.3 Å². The molecule has 0 radical (unpaired) electrons. The summed E-state index contributed by atoms with van der Waals surface area (Å²) in [5.41, 5.74) is 4.98. The van der Waals surface area contributed by atoms with Gasteiger partial charge in [-0.25, -0.2) is 13.4 Å². The highest BCUT2D eigenvalue weighted by Crippen LogP contribution is 2.24. The summed E-state index contributed by atoms with van der Waals surface area (Å²) in [4.78, 5) is 7.72. The summed E-state index contributed by atoms with van der Waals surface area (Å²) in [6.07, 6.45) is 4.29. The van der Waals surface area contributed by atoms with Crippen LogP contribution in [0.2, 0.25) is 0 Å². The minimum atomic E-state index is -3.22. The molecule has 37 heavy (non-hydrogen) atoms. The molecular weight excluding hydrogens is 482 g/mol. The summed E-state index contributed by atoms with van der Waals surface area (Å²) in [5, 5.41) is 12.7. The first kappa shape index (κ1) is 25.0. The van der Waals surface area contributed by atoms with Gasteiger partial charge in [-0.3, -0.25) is 0 Å². The lowest BCUT2D eigenvalue weighted by atomic mass is 10.0. The summed E-state index contributed by atoms with van der Waals surface area (Å²) < 4.78 is 25.8. The van der Waals surface area contributed by atoms with Crippen LogP contribution < -0.4 is 5.32 Å². The first-order chi connectivity index (χ1) is 17.9. The third-order valence-electron chi connectivity index (χ3n) is 7.07. The molecule has 0 unspecified atom stereocenters. The number of anilines is 1. The van der Waals surface area contributed by atoms with E-state index in [4.69, 9.17) is 10.2 Å². The van der Waals surface area contributed by atoms with Crippen molar-refractivity contribution in [1.82, 2.24) is 14.5 Å². The number of likely N-dealkylation sites (tertiary alicyclic amines) is 1. The fourth-order valence-corrected chi connectivity index (χ4v) is 5.52. The minimum Gasteiger partial charge on any atom is -0.353 e. The van der Waals surface area contributed by atoms with Crippen LogP contribution >= 0.6 is 0 Å². The molecular formula is C29H31N5O2S. The fourth-order valence-electron chi connectivity index (χ4n) is 4.89. The second-order valence-corrected chi connectivity index (χ2v) is 11.8. The van der Waals surface area contributed by atoms with E-state index in [-0.39, 0.29) is 0 Å². The van der Waals surface area contributed by atoms with Crippen LogP contribution in [-0.2, 0) is 22.8 Å². The average Bonchev–Trinajstić information content (AvgIpc) is 3.25. The van der Waals surface area contributed by atoms with E-state index < -0.39 is 9.84 Å². The molecule has 1 aliphatic heterocycles. The number of imidazole rings is 1. The standard InChI is InChI=1S/C29H31N5O2S/c1-37(35,36)26-12-10-24(11-13-26)21-34-28-5-3-2-4-27(28)32-29(34)31-25-15-18-33(19-16-25)17-14-22-6-8-23(20-30)9-7-22/h2-13,25H,14-19,21H2,1H3,(H,31,32). The Hall–Kier alpha value is -3.67. The Balaban J connectivity index is 1.23. The summed E-state index contributed by atoms with van der Waals surface area (Å²) in [7, 11) is -3.22. The Morgan fingerprint density at radius 3 is 2.32 bits per heavy atom. The van der Waals surface area contributed by atoms with Gasteiger partial charge in [0.2, 0.25) is 5.95 Å². The zero-order valence-electron chi connectivity index (χ0n) is 21.0. The van der Waals surface area contributed by atoms with Gasteiger partial charge in [0.05, 0.1) is 34.1 Å². The van der Waals surface area contributed by atoms with Crippen LogP contribution in [0.5, 0.6) is 0 Å². The Kier molecular flexibility index (Phi) is 7.26. The zero-order valence-corrected chi connectivity index (χ0v) is 21.8. The zero-order chi connectivity index (χ0) is 25.8. The lowest BCUT2D eigenvalue weighted by molar-refractivity contribution is 0.221. The summed E-state index contributed by atoms with van der Waals surface area (Å²) >= 11 is 0. The van der Waals surface area contributed by atoms with Crippen LogP contribution in [0.1, 0.15) is 29.5 Å². The van der Waals surface area contributed by atoms with Crippen LogP contribution in [0.25, 0.3) is 11.0 Å². The van der Waals surface area contributed by atoms with Crippen LogP contribution in [0.4, 0.5) is 5.95 Å². The van der Waals surface area contributed by atoms with Gasteiger partial charge in [-0.1, -0.05) is 36.4 Å². The number of para-hydroxylation sites is 2. The number of piperidine rings is 1. The van der Waals surface area contributed by atoms with Gasteiger partial charge in [0, 0.05) is 31.9 Å². The number of sulfone groups is 1. The van der Waals surface area contributed by atoms with Crippen molar-refractivity contribution in [3.63, 3.8) is 0 Å². The number of nitriles is 1. The average molecular weight is 514 g/mol. The third kappa shape index (κ3) is 6.01. The normalized spacial score (nSPS) is 15.0. The van der Waals surface area contributed by atoms with Crippen molar-refractivity contribution in [3.05, 3.63) is 89.5 Å². The topological polar surface area (TPSA) is 91.0 Å². The van der Waals surface area contributed by atoms with Crippen molar-refractivity contribution >= 4 is 26.8 Å². The molecule has 1 aliphatic rings. The predicted octanol–water partition coefficient (Wildman–Crippen LogP) is 4.48. The molecule has 4 aromatic rings. The molecule has 1 aromatic heterocycles. The molecule has 0 atom stereocenters. The number of nitrogens with one attached hydrogen (secondary N) is 1. The largest absolute Gasteiger partial charge is 0.353 e. The van der Waals surface area contributed by atoms with E-state index in [1.165, 1.54) is 11.8 Å². The smallest absolute Gasteiger partial charge is 0.204 e. The molecule has 190 valence electrons. The molecule has 8 heteroatoms. The van der Waals surface area contributed by atoms with Gasteiger partial charge in [-0.05, 0) is 66.8 Å². The molecule has 1 saturated heterocycles. The van der Waals surface area contributed by atoms with E-state index in [1.54, 1.807) is 12.1 Å². The summed E-state index contributed by atoms with van der Waals surface area (Å²) in [5.74, 6) is 0.851. The summed E-state index contributed by atoms with van der Waals surface area (Å²) in [6.45, 7) is 3.68. The van der Waals surface area contributed by atoms with Crippen molar-refractivity contribution in [3.8, 4) is 6.07 Å². The second-order valence-electron chi connectivity index (χ2n) is 9.75. The molecule has 3 aromatic carbocycles. The number of benzene rings is 3. The number of hydrogen-bond acceptors (Lipinski definition) is 6. The molecule has 0 spiro atoms. The molecule has 5 rings (SSSR count). The first-order valence-electron chi connectivity index (χ1n) is 12.6. The number of nitrogens with zero attached hydrogens (tertiary/aromatic N) is 4. The molecule has 1 fully saturated rings. The Morgan fingerprint density at radius 2 is 1.65 bits per heavy atom. The number of hydrogen-bond donors (Lipinski definition) is 1. The highest BCUT2D eigenvalue weighted by atomic mass is 32.2. The van der Waals surface area contributed by atoms with E-state index in [0.717, 1.165) is 61.4 Å². The molecule has 0 bridgehead atoms. The Bertz CT molecular complexity index is 1510. The van der Waals surface area contributed by atoms with E-state index in [2.05, 4.69) is 26.9 Å². The van der Waals surface area contributed by atoms with Gasteiger partial charge in [0.1, 0.15) is 0 Å². The van der Waals surface area contributed by atoms with Gasteiger partial charge in [0.25, 0.3) is 0 Å². The SMILES string of the molecule is CS(=O)(=O)c1ccc(Cn2c(NC3CCN(CCc4ccc(C#N)cc4)CC3)nc3ccccc32)cc1. The van der Waals surface area contributed by atoms with Crippen molar-refractivity contribution in [2.75, 3.05) is 31.2 Å². The van der Waals surface area contributed by atoms with Crippen LogP contribution in [-0.4, -0.2) is 54.8 Å². The van der Waals surface area contributed by atoms with E-state index in [9.17, 15) is 8.42 Å². The quantitative estimate of drug-likeness (QED) is 0.374. The first-order valence-corrected chi connectivity index (χ1v) is 14.5. The van der Waals surface area contributed by atoms with Crippen LogP contribution in [0.15, 0.2) is 77.7 Å². The molecule has 2 heterocycles. The number of fused-ring (bicyclic) bond motifs is 1. The molecule has 0 saturated carbocycles. The fraction of sp³-hybridized carbons (Fsp3) is 0.310. The van der Waals surface area contributed by atoms with Gasteiger partial charge < -0.3 is 14.8 Å². The minimum absolute atomic E-state index is 0.330. The maximum Gasteiger partial charge on any atom is 0.204 e. The summed E-state index contributed by atoms with van der Waals surface area (Å²) in [6, 6.07) is 25.6. The van der Waals surface area contributed by atoms with Crippen molar-refractivity contribution in [2.45, 2.75) is 36.7 Å². The maximum atomic E-state index is 11.8. The molecule has 0 aliphatic carbocycles. The molecule has 1 N–H and O–H groups in total. The predicted molar refractivity (Wildman–Crippen MR) is 146 cm³/mol. The maximum absolute atomic E-state index is 11.8. The van der Waals surface area contributed by atoms with Gasteiger partial charge in [-0.2, -0.15) is 5.26 Å².